The van der Waals surface area contributed by atoms with E-state index in [1.165, 1.54) is 22.3 Å². The first-order valence-corrected chi connectivity index (χ1v) is 46.7. The zero-order valence-electron chi connectivity index (χ0n) is 78.9. The Morgan fingerprint density at radius 2 is 0.580 bits per heavy atom. The number of hydrogen-bond donors (Lipinski definition) is 0. The Morgan fingerprint density at radius 1 is 0.259 bits per heavy atom. The van der Waals surface area contributed by atoms with Gasteiger partial charge in [-0.3, -0.25) is 29.9 Å². The number of para-hydroxylation sites is 3. The molecule has 27 rings (SSSR count). The summed E-state index contributed by atoms with van der Waals surface area (Å²) in [6.45, 7) is 19.6. The fraction of sp³-hybridized carbons (Fsp3) is 0.0902. The van der Waals surface area contributed by atoms with Crippen LogP contribution >= 0.6 is 0 Å². The van der Waals surface area contributed by atoms with Crippen LogP contribution in [0.15, 0.2) is 353 Å². The normalized spacial score (nSPS) is 11.8. The second-order valence-electron chi connectivity index (χ2n) is 37.4. The molecular weight excluding hydrogens is 2310 g/mol. The molecule has 0 bridgehead atoms. The third kappa shape index (κ3) is 16.2. The Hall–Kier alpha value is -16.0. The predicted molar refractivity (Wildman–Crippen MR) is 561 cm³/mol. The van der Waals surface area contributed by atoms with Gasteiger partial charge in [-0.2, -0.15) is 18.2 Å². The first-order valence-electron chi connectivity index (χ1n) is 46.7. The summed E-state index contributed by atoms with van der Waals surface area (Å²) in [5.41, 5.74) is 25.8. The number of ether oxygens (including phenoxy) is 3. The summed E-state index contributed by atoms with van der Waals surface area (Å²) in [5.74, 6) is 6.07. The SMILES string of the molecule is Cc1ccccc1-c1cn2c3cccnc3c3ccc(Oc4[c-]c5c(cc4)c4ccccc4n5-c4cc(C(C)(C)C)ccn4)[c-]c3c2n1.Cc1ccccc1-c1cn2c3cccnc3c3ccc(Oc4[c-]c5c(cc4)c4ccccc4n5-c4ccccn4)[c-]c3c2n1.Cc1ccccc1-c1cn2c3cccnc3c3ccc(Oc4[c-]c5c(cc4)c4ccccc4n5-c4ncccc4C(C)(C)C)[c-]c3c2n1.[Pt+2].[Pt+2].[Pt+2]. The smallest absolute Gasteiger partial charge is 0.503 e. The van der Waals surface area contributed by atoms with E-state index in [-0.39, 0.29) is 74.0 Å². The van der Waals surface area contributed by atoms with Crippen LogP contribution in [0.1, 0.15) is 69.4 Å². The summed E-state index contributed by atoms with van der Waals surface area (Å²) in [5, 5.41) is 12.1. The third-order valence-corrected chi connectivity index (χ3v) is 26.6. The molecule has 696 valence electrons. The van der Waals surface area contributed by atoms with Gasteiger partial charge in [0.15, 0.2) is 0 Å². The van der Waals surface area contributed by atoms with Gasteiger partial charge in [-0.1, -0.05) is 266 Å². The minimum absolute atomic E-state index is 0. The van der Waals surface area contributed by atoms with E-state index in [1.54, 1.807) is 6.20 Å². The number of fused-ring (bicyclic) bond motifs is 27. The van der Waals surface area contributed by atoms with Crippen LogP contribution in [0.25, 0.3) is 199 Å². The van der Waals surface area contributed by atoms with E-state index in [9.17, 15) is 0 Å². The number of rotatable bonds is 12. The number of aromatic nitrogens is 15. The molecular formula is C122H85N15O3Pt3. The number of hydrogen-bond acceptors (Lipinski definition) is 12. The second-order valence-corrected chi connectivity index (χ2v) is 37.4. The van der Waals surface area contributed by atoms with Gasteiger partial charge in [0.2, 0.25) is 0 Å². The predicted octanol–water partition coefficient (Wildman–Crippen LogP) is 29.3. The van der Waals surface area contributed by atoms with Crippen molar-refractivity contribution in [3.05, 3.63) is 417 Å². The molecule has 0 unspecified atom stereocenters. The Kier molecular flexibility index (Phi) is 23.8. The van der Waals surface area contributed by atoms with E-state index in [2.05, 4.69) is 325 Å². The van der Waals surface area contributed by atoms with Crippen molar-refractivity contribution in [2.75, 3.05) is 0 Å². The van der Waals surface area contributed by atoms with Crippen LogP contribution in [0.3, 0.4) is 0 Å². The Balaban J connectivity index is 0.000000122. The van der Waals surface area contributed by atoms with E-state index in [0.29, 0.717) is 34.5 Å². The van der Waals surface area contributed by atoms with Crippen LogP contribution in [-0.4, -0.2) is 71.8 Å². The van der Waals surface area contributed by atoms with Gasteiger partial charge in [-0.15, -0.1) is 70.8 Å². The van der Waals surface area contributed by atoms with E-state index in [1.807, 2.05) is 152 Å². The molecule has 15 aromatic heterocycles. The van der Waals surface area contributed by atoms with Crippen molar-refractivity contribution in [2.24, 2.45) is 0 Å². The van der Waals surface area contributed by atoms with Gasteiger partial charge < -0.3 is 41.1 Å². The summed E-state index contributed by atoms with van der Waals surface area (Å²) in [4.78, 5) is 44.0. The topological polar surface area (TPSA) is 172 Å². The fourth-order valence-electron chi connectivity index (χ4n) is 19.8. The standard InChI is InChI=1S/2C42H31N5O.C38H23N5O.3Pt/c1-26-11-5-6-12-29(26)35-25-46-37-16-10-21-43-39(37)32-20-18-27(23-33(32)40(46)45-35)48-28-17-19-31-30-13-7-8-15-36(30)47(38(31)24-28)41-34(42(2,3)4)14-9-22-44-41;1-26-10-5-6-11-30(26)35-25-46-37-14-9-20-44-40(37)33-18-16-28(23-34(33)41(46)45-35)48-29-15-17-32-31-12-7-8-13-36(31)47(38(32)24-29)39-22-27(19-21-43-39)42(2,3)4;1-24-9-2-3-10-27(24)32-23-42-34-13-8-20-40-37(34)30-18-16-25(21-31(30)38(42)41-32)44-26-15-17-29-28-11-4-5-12-33(28)43(35(29)22-26)36-14-6-7-19-39-36;;;/h2*5-22,25H,1-4H3;2-20,23H,1H3;;;/q3*-2;3*+2. The summed E-state index contributed by atoms with van der Waals surface area (Å²) >= 11 is 0. The Morgan fingerprint density at radius 3 is 0.965 bits per heavy atom. The molecule has 0 radical (unpaired) electrons. The quantitative estimate of drug-likeness (QED) is 0.0838. The molecule has 12 aromatic carbocycles. The molecule has 0 N–H and O–H groups in total. The summed E-state index contributed by atoms with van der Waals surface area (Å²) in [6.07, 6.45) is 17.3. The zero-order valence-corrected chi connectivity index (χ0v) is 85.7. The number of nitrogens with zero attached hydrogens (tertiary/aromatic N) is 15. The molecule has 0 spiro atoms. The van der Waals surface area contributed by atoms with Crippen molar-refractivity contribution in [3.63, 3.8) is 0 Å². The van der Waals surface area contributed by atoms with Gasteiger partial charge in [0.05, 0.1) is 67.1 Å². The van der Waals surface area contributed by atoms with Crippen LogP contribution in [0.2, 0.25) is 0 Å². The molecule has 0 aliphatic heterocycles. The molecule has 0 saturated carbocycles. The van der Waals surface area contributed by atoms with Crippen molar-refractivity contribution in [2.45, 2.75) is 73.1 Å². The number of imidazole rings is 3. The first-order chi connectivity index (χ1) is 68.4. The maximum absolute atomic E-state index is 6.55. The average Bonchev–Trinajstić information content (AvgIpc) is 1.71. The Labute approximate surface area is 865 Å². The molecule has 18 nitrogen and oxygen atoms in total. The average molecular weight is 2390 g/mol. The van der Waals surface area contributed by atoms with E-state index < -0.39 is 0 Å². The monoisotopic (exact) mass is 2390 g/mol. The van der Waals surface area contributed by atoms with Crippen LogP contribution in [0.4, 0.5) is 0 Å². The van der Waals surface area contributed by atoms with Crippen LogP contribution in [-0.2, 0) is 74.0 Å². The van der Waals surface area contributed by atoms with Crippen LogP contribution in [0.5, 0.6) is 34.5 Å². The fourth-order valence-corrected chi connectivity index (χ4v) is 19.8. The van der Waals surface area contributed by atoms with E-state index in [0.717, 1.165) is 205 Å². The molecule has 0 saturated heterocycles. The van der Waals surface area contributed by atoms with E-state index >= 15 is 0 Å². The van der Waals surface area contributed by atoms with Gasteiger partial charge >= 0.3 is 63.2 Å². The first kappa shape index (κ1) is 92.1. The largest absolute Gasteiger partial charge is 2.00 e. The third-order valence-electron chi connectivity index (χ3n) is 26.6. The Bertz CT molecular complexity index is 9750. The molecule has 0 atom stereocenters. The summed E-state index contributed by atoms with van der Waals surface area (Å²) in [7, 11) is 0. The molecule has 27 aromatic rings. The number of benzene rings is 12. The molecule has 15 heterocycles. The number of pyridine rings is 9. The maximum atomic E-state index is 6.55. The zero-order chi connectivity index (χ0) is 94.3. The molecule has 143 heavy (non-hydrogen) atoms. The van der Waals surface area contributed by atoms with Crippen LogP contribution in [0, 0.1) is 57.2 Å². The van der Waals surface area contributed by atoms with Gasteiger partial charge in [-0.25, -0.2) is 15.0 Å². The maximum Gasteiger partial charge on any atom is 2.00 e. The van der Waals surface area contributed by atoms with Crippen molar-refractivity contribution < 1.29 is 77.4 Å². The van der Waals surface area contributed by atoms with Crippen molar-refractivity contribution in [3.8, 4) is 85.7 Å². The summed E-state index contributed by atoms with van der Waals surface area (Å²) < 4.78 is 32.4. The van der Waals surface area contributed by atoms with Crippen molar-refractivity contribution in [1.29, 1.82) is 0 Å². The van der Waals surface area contributed by atoms with Gasteiger partial charge in [0.25, 0.3) is 0 Å². The van der Waals surface area contributed by atoms with Gasteiger partial charge in [0, 0.05) is 129 Å². The molecule has 0 aliphatic carbocycles. The van der Waals surface area contributed by atoms with Gasteiger partial charge in [0.1, 0.15) is 17.5 Å². The molecule has 0 fully saturated rings. The van der Waals surface area contributed by atoms with Crippen LogP contribution < -0.4 is 14.2 Å². The minimum atomic E-state index is -0.105. The van der Waals surface area contributed by atoms with Crippen molar-refractivity contribution in [1.82, 2.24) is 71.8 Å². The van der Waals surface area contributed by atoms with Gasteiger partial charge in [-0.05, 0) is 155 Å². The molecule has 21 heteroatoms. The summed E-state index contributed by atoms with van der Waals surface area (Å²) in [6, 6.07) is 122. The van der Waals surface area contributed by atoms with E-state index in [4.69, 9.17) is 54.1 Å². The number of aryl methyl sites for hydroxylation is 3. The van der Waals surface area contributed by atoms with Crippen molar-refractivity contribution >= 4 is 148 Å². The molecule has 0 aliphatic rings. The second kappa shape index (κ2) is 36.9. The minimum Gasteiger partial charge on any atom is -0.503 e. The molecule has 0 amide bonds.